The van der Waals surface area contributed by atoms with E-state index in [1.54, 1.807) is 6.33 Å². The molecule has 0 aliphatic rings. The topological polar surface area (TPSA) is 52.0 Å². The number of para-hydroxylation sites is 1. The normalized spacial score (nSPS) is 10.7. The summed E-state index contributed by atoms with van der Waals surface area (Å²) >= 11 is 0. The Labute approximate surface area is 120 Å². The Morgan fingerprint density at radius 1 is 1.25 bits per heavy atom. The van der Waals surface area contributed by atoms with Crippen LogP contribution < -0.4 is 10.1 Å². The van der Waals surface area contributed by atoms with Gasteiger partial charge in [-0.05, 0) is 25.1 Å². The Hall–Kier alpha value is -1.88. The van der Waals surface area contributed by atoms with E-state index >= 15 is 0 Å². The molecular weight excluding hydrogens is 252 g/mol. The van der Waals surface area contributed by atoms with Crippen LogP contribution in [0, 0.1) is 0 Å². The zero-order valence-electron chi connectivity index (χ0n) is 12.0. The van der Waals surface area contributed by atoms with Gasteiger partial charge >= 0.3 is 0 Å². The van der Waals surface area contributed by atoms with Gasteiger partial charge < -0.3 is 10.1 Å². The molecule has 0 saturated heterocycles. The first kappa shape index (κ1) is 14.5. The molecule has 2 aromatic rings. The van der Waals surface area contributed by atoms with E-state index in [0.29, 0.717) is 6.61 Å². The number of nitrogens with one attached hydrogen (secondary N) is 1. The number of nitrogens with zero attached hydrogens (tertiary/aromatic N) is 3. The van der Waals surface area contributed by atoms with Gasteiger partial charge in [0.05, 0.1) is 13.2 Å². The molecule has 108 valence electrons. The largest absolute Gasteiger partial charge is 0.494 e. The van der Waals surface area contributed by atoms with Crippen molar-refractivity contribution >= 4 is 0 Å². The highest BCUT2D eigenvalue weighted by Crippen LogP contribution is 2.08. The minimum absolute atomic E-state index is 0.688. The Kier molecular flexibility index (Phi) is 6.05. The maximum atomic E-state index is 5.64. The lowest BCUT2D eigenvalue weighted by Gasteiger charge is -2.05. The van der Waals surface area contributed by atoms with E-state index in [-0.39, 0.29) is 0 Å². The highest BCUT2D eigenvalue weighted by Gasteiger charge is 2.00. The van der Waals surface area contributed by atoms with E-state index in [0.717, 1.165) is 44.0 Å². The molecule has 0 spiro atoms. The van der Waals surface area contributed by atoms with Crippen LogP contribution in [0.4, 0.5) is 0 Å². The average molecular weight is 274 g/mol. The molecule has 1 N–H and O–H groups in total. The quantitative estimate of drug-likeness (QED) is 0.713. The van der Waals surface area contributed by atoms with Crippen LogP contribution in [0.5, 0.6) is 5.75 Å². The summed E-state index contributed by atoms with van der Waals surface area (Å²) in [6.45, 7) is 5.40. The summed E-state index contributed by atoms with van der Waals surface area (Å²) in [5.74, 6) is 1.76. The standard InChI is InChI=1S/C15H22N4O/c1-2-9-16-12-15-17-13-19(18-15)10-6-11-20-14-7-4-3-5-8-14/h3-5,7-8,13,16H,2,6,9-12H2,1H3. The van der Waals surface area contributed by atoms with Gasteiger partial charge in [-0.1, -0.05) is 25.1 Å². The fraction of sp³-hybridized carbons (Fsp3) is 0.467. The molecule has 0 aliphatic carbocycles. The minimum Gasteiger partial charge on any atom is -0.494 e. The number of aromatic nitrogens is 3. The Morgan fingerprint density at radius 3 is 2.90 bits per heavy atom. The van der Waals surface area contributed by atoms with Crippen molar-refractivity contribution in [3.05, 3.63) is 42.5 Å². The molecule has 1 aromatic heterocycles. The number of ether oxygens (including phenoxy) is 1. The summed E-state index contributed by atoms with van der Waals surface area (Å²) in [4.78, 5) is 4.27. The number of hydrogen-bond donors (Lipinski definition) is 1. The van der Waals surface area contributed by atoms with Crippen LogP contribution >= 0.6 is 0 Å². The highest BCUT2D eigenvalue weighted by molar-refractivity contribution is 5.20. The Balaban J connectivity index is 1.64. The van der Waals surface area contributed by atoms with Gasteiger partial charge in [0.2, 0.25) is 0 Å². The van der Waals surface area contributed by atoms with E-state index in [4.69, 9.17) is 4.74 Å². The molecular formula is C15H22N4O. The molecule has 0 unspecified atom stereocenters. The van der Waals surface area contributed by atoms with Crippen molar-refractivity contribution in [1.82, 2.24) is 20.1 Å². The lowest BCUT2D eigenvalue weighted by atomic mass is 10.3. The van der Waals surface area contributed by atoms with Crippen LogP contribution in [0.2, 0.25) is 0 Å². The zero-order chi connectivity index (χ0) is 14.0. The summed E-state index contributed by atoms with van der Waals surface area (Å²) in [7, 11) is 0. The van der Waals surface area contributed by atoms with Crippen molar-refractivity contribution in [1.29, 1.82) is 0 Å². The lowest BCUT2D eigenvalue weighted by Crippen LogP contribution is -2.15. The van der Waals surface area contributed by atoms with E-state index in [2.05, 4.69) is 22.3 Å². The van der Waals surface area contributed by atoms with Crippen molar-refractivity contribution in [2.24, 2.45) is 0 Å². The number of rotatable bonds is 9. The van der Waals surface area contributed by atoms with E-state index in [1.807, 2.05) is 35.0 Å². The second-order valence-electron chi connectivity index (χ2n) is 4.62. The SMILES string of the molecule is CCCNCc1ncn(CCCOc2ccccc2)n1. The molecule has 5 heteroatoms. The van der Waals surface area contributed by atoms with Crippen molar-refractivity contribution in [2.45, 2.75) is 32.9 Å². The third-order valence-electron chi connectivity index (χ3n) is 2.84. The second-order valence-corrected chi connectivity index (χ2v) is 4.62. The number of benzene rings is 1. The summed E-state index contributed by atoms with van der Waals surface area (Å²) < 4.78 is 7.51. The zero-order valence-corrected chi connectivity index (χ0v) is 12.0. The monoisotopic (exact) mass is 274 g/mol. The molecule has 2 rings (SSSR count). The van der Waals surface area contributed by atoms with Gasteiger partial charge in [-0.2, -0.15) is 5.10 Å². The third kappa shape index (κ3) is 5.01. The van der Waals surface area contributed by atoms with Gasteiger partial charge in [0.1, 0.15) is 12.1 Å². The van der Waals surface area contributed by atoms with Gasteiger partial charge in [0.15, 0.2) is 5.82 Å². The Bertz CT molecular complexity index is 484. The highest BCUT2D eigenvalue weighted by atomic mass is 16.5. The van der Waals surface area contributed by atoms with Gasteiger partial charge in [-0.25, -0.2) is 4.98 Å². The van der Waals surface area contributed by atoms with Gasteiger partial charge in [0, 0.05) is 13.0 Å². The minimum atomic E-state index is 0.688. The maximum Gasteiger partial charge on any atom is 0.164 e. The predicted octanol–water partition coefficient (Wildman–Crippen LogP) is 2.25. The molecule has 0 bridgehead atoms. The molecule has 1 aromatic carbocycles. The van der Waals surface area contributed by atoms with Crippen LogP contribution in [-0.4, -0.2) is 27.9 Å². The van der Waals surface area contributed by atoms with Crippen molar-refractivity contribution < 1.29 is 4.74 Å². The van der Waals surface area contributed by atoms with Crippen molar-refractivity contribution in [3.63, 3.8) is 0 Å². The average Bonchev–Trinajstić information content (AvgIpc) is 2.93. The molecule has 20 heavy (non-hydrogen) atoms. The predicted molar refractivity (Wildman–Crippen MR) is 78.6 cm³/mol. The van der Waals surface area contributed by atoms with Crippen LogP contribution in [0.15, 0.2) is 36.7 Å². The van der Waals surface area contributed by atoms with Gasteiger partial charge in [-0.15, -0.1) is 0 Å². The third-order valence-corrected chi connectivity index (χ3v) is 2.84. The first-order valence-electron chi connectivity index (χ1n) is 7.15. The van der Waals surface area contributed by atoms with Crippen molar-refractivity contribution in [2.75, 3.05) is 13.2 Å². The fourth-order valence-electron chi connectivity index (χ4n) is 1.83. The fourth-order valence-corrected chi connectivity index (χ4v) is 1.83. The second kappa shape index (κ2) is 8.32. The molecule has 0 amide bonds. The van der Waals surface area contributed by atoms with Crippen LogP contribution in [-0.2, 0) is 13.1 Å². The van der Waals surface area contributed by atoms with E-state index in [9.17, 15) is 0 Å². The number of hydrogen-bond acceptors (Lipinski definition) is 4. The molecule has 0 aliphatic heterocycles. The van der Waals surface area contributed by atoms with E-state index < -0.39 is 0 Å². The molecule has 0 atom stereocenters. The molecule has 1 heterocycles. The summed E-state index contributed by atoms with van der Waals surface area (Å²) in [6, 6.07) is 9.86. The maximum absolute atomic E-state index is 5.64. The van der Waals surface area contributed by atoms with Crippen LogP contribution in [0.3, 0.4) is 0 Å². The first-order valence-corrected chi connectivity index (χ1v) is 7.15. The van der Waals surface area contributed by atoms with Gasteiger partial charge in [0.25, 0.3) is 0 Å². The smallest absolute Gasteiger partial charge is 0.164 e. The molecule has 5 nitrogen and oxygen atoms in total. The Morgan fingerprint density at radius 2 is 2.10 bits per heavy atom. The van der Waals surface area contributed by atoms with Gasteiger partial charge in [-0.3, -0.25) is 4.68 Å². The summed E-state index contributed by atoms with van der Waals surface area (Å²) in [5, 5.41) is 7.70. The van der Waals surface area contributed by atoms with Crippen molar-refractivity contribution in [3.8, 4) is 5.75 Å². The number of aryl methyl sites for hydroxylation is 1. The van der Waals surface area contributed by atoms with Crippen LogP contribution in [0.1, 0.15) is 25.6 Å². The summed E-state index contributed by atoms with van der Waals surface area (Å²) in [6.07, 6.45) is 3.82. The molecule has 0 radical (unpaired) electrons. The molecule has 0 saturated carbocycles. The van der Waals surface area contributed by atoms with E-state index in [1.165, 1.54) is 0 Å². The lowest BCUT2D eigenvalue weighted by molar-refractivity contribution is 0.298. The van der Waals surface area contributed by atoms with Crippen LogP contribution in [0.25, 0.3) is 0 Å². The first-order chi connectivity index (χ1) is 9.88. The molecule has 0 fully saturated rings. The summed E-state index contributed by atoms with van der Waals surface area (Å²) in [5.41, 5.74) is 0.